The van der Waals surface area contributed by atoms with Gasteiger partial charge in [0.1, 0.15) is 9.88 Å². The fraction of sp³-hybridized carbons (Fsp3) is 0.643. The van der Waals surface area contributed by atoms with Crippen LogP contribution in [0.15, 0.2) is 0 Å². The second-order valence-electron chi connectivity index (χ2n) is 5.16. The maximum absolute atomic E-state index is 11.9. The molecule has 0 saturated heterocycles. The lowest BCUT2D eigenvalue weighted by molar-refractivity contribution is -0.121. The van der Waals surface area contributed by atoms with Crippen LogP contribution in [0.4, 0.5) is 0 Å². The summed E-state index contributed by atoms with van der Waals surface area (Å²) in [5.74, 6) is -1.00. The molecule has 0 aliphatic heterocycles. The lowest BCUT2D eigenvalue weighted by Gasteiger charge is -2.10. The molecule has 6 heteroatoms. The third-order valence-electron chi connectivity index (χ3n) is 3.45. The summed E-state index contributed by atoms with van der Waals surface area (Å²) in [6, 6.07) is 0.288. The number of nitrogens with zero attached hydrogens (tertiary/aromatic N) is 1. The number of carbonyl (C=O) groups is 2. The van der Waals surface area contributed by atoms with Gasteiger partial charge in [-0.3, -0.25) is 4.79 Å². The van der Waals surface area contributed by atoms with Crippen LogP contribution >= 0.6 is 11.3 Å². The Kier molecular flexibility index (Phi) is 5.11. The van der Waals surface area contributed by atoms with Gasteiger partial charge in [-0.1, -0.05) is 26.2 Å². The molecule has 0 bridgehead atoms. The number of hydrogen-bond donors (Lipinski definition) is 2. The van der Waals surface area contributed by atoms with Gasteiger partial charge in [0.15, 0.2) is 0 Å². The van der Waals surface area contributed by atoms with Gasteiger partial charge >= 0.3 is 5.97 Å². The Labute approximate surface area is 122 Å². The number of aryl methyl sites for hydroxylation is 1. The van der Waals surface area contributed by atoms with E-state index in [0.29, 0.717) is 17.1 Å². The van der Waals surface area contributed by atoms with Crippen LogP contribution in [0, 0.1) is 0 Å². The maximum atomic E-state index is 11.9. The number of hydrogen-bond acceptors (Lipinski definition) is 4. The summed E-state index contributed by atoms with van der Waals surface area (Å²) >= 11 is 1.12. The van der Waals surface area contributed by atoms with E-state index >= 15 is 0 Å². The van der Waals surface area contributed by atoms with Crippen molar-refractivity contribution < 1.29 is 14.7 Å². The highest BCUT2D eigenvalue weighted by atomic mass is 32.1. The van der Waals surface area contributed by atoms with E-state index in [-0.39, 0.29) is 23.2 Å². The molecule has 1 fully saturated rings. The summed E-state index contributed by atoms with van der Waals surface area (Å²) < 4.78 is 0. The highest BCUT2D eigenvalue weighted by Gasteiger charge is 2.20. The fourth-order valence-electron chi connectivity index (χ4n) is 2.54. The summed E-state index contributed by atoms with van der Waals surface area (Å²) in [4.78, 5) is 27.7. The van der Waals surface area contributed by atoms with Crippen molar-refractivity contribution in [1.82, 2.24) is 10.3 Å². The zero-order chi connectivity index (χ0) is 14.5. The number of carboxylic acid groups (broad SMARTS) is 1. The average Bonchev–Trinajstić information content (AvgIpc) is 2.99. The lowest BCUT2D eigenvalue weighted by atomic mass is 10.2. The Morgan fingerprint density at radius 2 is 2.10 bits per heavy atom. The predicted octanol–water partition coefficient (Wildman–Crippen LogP) is 2.40. The van der Waals surface area contributed by atoms with Gasteiger partial charge in [0, 0.05) is 6.04 Å². The van der Waals surface area contributed by atoms with Gasteiger partial charge in [-0.15, -0.1) is 11.3 Å². The van der Waals surface area contributed by atoms with Crippen molar-refractivity contribution in [3.63, 3.8) is 0 Å². The standard InChI is InChI=1S/C14H20N2O3S/c1-2-5-10-13(14(18)19)20-12(16-10)8-11(17)15-9-6-3-4-7-9/h9H,2-8H2,1H3,(H,15,17)(H,18,19). The molecule has 1 aliphatic rings. The SMILES string of the molecule is CCCc1nc(CC(=O)NC2CCCC2)sc1C(=O)O. The van der Waals surface area contributed by atoms with Gasteiger partial charge in [0.05, 0.1) is 12.1 Å². The van der Waals surface area contributed by atoms with Gasteiger partial charge in [-0.25, -0.2) is 9.78 Å². The molecule has 1 aromatic heterocycles. The molecule has 0 unspecified atom stereocenters. The third-order valence-corrected chi connectivity index (χ3v) is 4.54. The Hall–Kier alpha value is -1.43. The Morgan fingerprint density at radius 1 is 1.40 bits per heavy atom. The van der Waals surface area contributed by atoms with Gasteiger partial charge in [0.25, 0.3) is 0 Å². The molecule has 1 aliphatic carbocycles. The molecule has 1 amide bonds. The minimum atomic E-state index is -0.951. The quantitative estimate of drug-likeness (QED) is 0.845. The van der Waals surface area contributed by atoms with Crippen LogP contribution < -0.4 is 5.32 Å². The molecule has 0 radical (unpaired) electrons. The number of thiazole rings is 1. The summed E-state index contributed by atoms with van der Waals surface area (Å²) in [5, 5.41) is 12.7. The van der Waals surface area contributed by atoms with Crippen LogP contribution in [0.1, 0.15) is 59.4 Å². The highest BCUT2D eigenvalue weighted by molar-refractivity contribution is 7.13. The Bertz CT molecular complexity index is 493. The topological polar surface area (TPSA) is 79.3 Å². The van der Waals surface area contributed by atoms with E-state index in [2.05, 4.69) is 10.3 Å². The minimum Gasteiger partial charge on any atom is -0.477 e. The summed E-state index contributed by atoms with van der Waals surface area (Å²) in [6.07, 6.45) is 6.11. The van der Waals surface area contributed by atoms with Crippen molar-refractivity contribution >= 4 is 23.2 Å². The van der Waals surface area contributed by atoms with Crippen molar-refractivity contribution in [3.8, 4) is 0 Å². The van der Waals surface area contributed by atoms with Crippen LogP contribution in [0.5, 0.6) is 0 Å². The summed E-state index contributed by atoms with van der Waals surface area (Å²) in [7, 11) is 0. The number of aromatic nitrogens is 1. The van der Waals surface area contributed by atoms with Crippen LogP contribution in [-0.2, 0) is 17.6 Å². The van der Waals surface area contributed by atoms with E-state index < -0.39 is 5.97 Å². The summed E-state index contributed by atoms with van der Waals surface area (Å²) in [6.45, 7) is 1.98. The normalized spacial score (nSPS) is 15.4. The molecule has 1 aromatic rings. The van der Waals surface area contributed by atoms with E-state index in [0.717, 1.165) is 30.6 Å². The van der Waals surface area contributed by atoms with Crippen molar-refractivity contribution in [2.75, 3.05) is 0 Å². The van der Waals surface area contributed by atoms with Crippen molar-refractivity contribution in [3.05, 3.63) is 15.6 Å². The first-order valence-electron chi connectivity index (χ1n) is 7.11. The van der Waals surface area contributed by atoms with E-state index in [4.69, 9.17) is 5.11 Å². The average molecular weight is 296 g/mol. The first-order chi connectivity index (χ1) is 9.60. The van der Waals surface area contributed by atoms with Crippen molar-refractivity contribution in [1.29, 1.82) is 0 Å². The van der Waals surface area contributed by atoms with E-state index in [1.165, 1.54) is 12.8 Å². The molecule has 0 aromatic carbocycles. The number of rotatable bonds is 6. The third kappa shape index (κ3) is 3.79. The molecule has 110 valence electrons. The molecule has 1 saturated carbocycles. The maximum Gasteiger partial charge on any atom is 0.347 e. The number of amides is 1. The highest BCUT2D eigenvalue weighted by Crippen LogP contribution is 2.21. The molecular formula is C14H20N2O3S. The van der Waals surface area contributed by atoms with Crippen molar-refractivity contribution in [2.45, 2.75) is 57.9 Å². The number of aromatic carboxylic acids is 1. The molecule has 2 rings (SSSR count). The van der Waals surface area contributed by atoms with Crippen LogP contribution in [0.2, 0.25) is 0 Å². The number of carbonyl (C=O) groups excluding carboxylic acids is 1. The molecule has 20 heavy (non-hydrogen) atoms. The number of carboxylic acids is 1. The molecular weight excluding hydrogens is 276 g/mol. The zero-order valence-electron chi connectivity index (χ0n) is 11.6. The largest absolute Gasteiger partial charge is 0.477 e. The lowest BCUT2D eigenvalue weighted by Crippen LogP contribution is -2.33. The van der Waals surface area contributed by atoms with Gasteiger partial charge in [0.2, 0.25) is 5.91 Å². The molecule has 0 atom stereocenters. The number of nitrogens with one attached hydrogen (secondary N) is 1. The van der Waals surface area contributed by atoms with Gasteiger partial charge < -0.3 is 10.4 Å². The Balaban J connectivity index is 1.99. The first kappa shape index (κ1) is 15.0. The Morgan fingerprint density at radius 3 is 2.70 bits per heavy atom. The zero-order valence-corrected chi connectivity index (χ0v) is 12.5. The first-order valence-corrected chi connectivity index (χ1v) is 7.93. The molecule has 2 N–H and O–H groups in total. The molecule has 5 nitrogen and oxygen atoms in total. The van der Waals surface area contributed by atoms with E-state index in [1.807, 2.05) is 6.92 Å². The predicted molar refractivity (Wildman–Crippen MR) is 77.2 cm³/mol. The van der Waals surface area contributed by atoms with Crippen LogP contribution in [0.25, 0.3) is 0 Å². The second-order valence-corrected chi connectivity index (χ2v) is 6.25. The monoisotopic (exact) mass is 296 g/mol. The molecule has 1 heterocycles. The van der Waals surface area contributed by atoms with Crippen molar-refractivity contribution in [2.24, 2.45) is 0 Å². The van der Waals surface area contributed by atoms with Crippen LogP contribution in [0.3, 0.4) is 0 Å². The van der Waals surface area contributed by atoms with Gasteiger partial charge in [-0.2, -0.15) is 0 Å². The smallest absolute Gasteiger partial charge is 0.347 e. The van der Waals surface area contributed by atoms with E-state index in [1.54, 1.807) is 0 Å². The van der Waals surface area contributed by atoms with Crippen LogP contribution in [-0.4, -0.2) is 28.0 Å². The molecule has 0 spiro atoms. The summed E-state index contributed by atoms with van der Waals surface area (Å²) in [5.41, 5.74) is 0.605. The minimum absolute atomic E-state index is 0.0503. The second kappa shape index (κ2) is 6.83. The van der Waals surface area contributed by atoms with E-state index in [9.17, 15) is 9.59 Å². The van der Waals surface area contributed by atoms with Gasteiger partial charge in [-0.05, 0) is 19.3 Å². The fourth-order valence-corrected chi connectivity index (χ4v) is 3.48.